The Morgan fingerprint density at radius 3 is 1.78 bits per heavy atom. The van der Waals surface area contributed by atoms with Crippen molar-refractivity contribution >= 4 is 5.97 Å². The number of allylic oxidation sites excluding steroid dienone is 6. The minimum Gasteiger partial charge on any atom is -0.457 e. The number of esters is 1. The molecule has 0 amide bonds. The number of ether oxygens (including phenoxy) is 2. The summed E-state index contributed by atoms with van der Waals surface area (Å²) in [7, 11) is 0. The summed E-state index contributed by atoms with van der Waals surface area (Å²) in [5.41, 5.74) is 0. The summed E-state index contributed by atoms with van der Waals surface area (Å²) < 4.78 is 11.0. The highest BCUT2D eigenvalue weighted by atomic mass is 16.6. The Kier molecular flexibility index (Phi) is 28.7. The van der Waals surface area contributed by atoms with E-state index >= 15 is 0 Å². The third-order valence-electron chi connectivity index (χ3n) is 6.15. The van der Waals surface area contributed by atoms with Crippen molar-refractivity contribution < 1.29 is 19.4 Å². The molecule has 36 heavy (non-hydrogen) atoms. The second-order valence-corrected chi connectivity index (χ2v) is 9.81. The van der Waals surface area contributed by atoms with Crippen molar-refractivity contribution in [1.29, 1.82) is 0 Å². The van der Waals surface area contributed by atoms with Crippen LogP contribution in [0.3, 0.4) is 0 Å². The first-order valence-corrected chi connectivity index (χ1v) is 15.1. The zero-order valence-electron chi connectivity index (χ0n) is 23.8. The monoisotopic (exact) mass is 506 g/mol. The molecule has 0 aromatic rings. The zero-order valence-corrected chi connectivity index (χ0v) is 23.8. The number of aliphatic hydroxyl groups is 1. The van der Waals surface area contributed by atoms with Gasteiger partial charge in [-0.2, -0.15) is 0 Å². The maximum atomic E-state index is 12.0. The topological polar surface area (TPSA) is 55.8 Å². The molecule has 0 saturated heterocycles. The molecule has 0 aliphatic rings. The molecule has 0 aliphatic heterocycles. The van der Waals surface area contributed by atoms with E-state index in [-0.39, 0.29) is 19.2 Å². The van der Waals surface area contributed by atoms with E-state index in [1.54, 1.807) is 0 Å². The van der Waals surface area contributed by atoms with Crippen LogP contribution in [0.15, 0.2) is 36.5 Å². The van der Waals surface area contributed by atoms with Crippen LogP contribution in [0.1, 0.15) is 136 Å². The van der Waals surface area contributed by atoms with Crippen LogP contribution in [0.25, 0.3) is 0 Å². The Hall–Kier alpha value is -1.39. The number of hydrogen-bond acceptors (Lipinski definition) is 4. The summed E-state index contributed by atoms with van der Waals surface area (Å²) in [6.07, 6.45) is 34.5. The van der Waals surface area contributed by atoms with Crippen molar-refractivity contribution in [1.82, 2.24) is 0 Å². The molecule has 0 heterocycles. The number of rotatable bonds is 27. The molecule has 1 unspecified atom stereocenters. The molecule has 0 aromatic heterocycles. The van der Waals surface area contributed by atoms with E-state index in [0.29, 0.717) is 13.0 Å². The Morgan fingerprint density at radius 1 is 0.667 bits per heavy atom. The minimum absolute atomic E-state index is 0.180. The van der Waals surface area contributed by atoms with Crippen molar-refractivity contribution in [3.8, 4) is 0 Å². The Labute approximate surface area is 223 Å². The number of carbonyl (C=O) groups is 1. The Bertz CT molecular complexity index is 538. The summed E-state index contributed by atoms with van der Waals surface area (Å²) in [5.74, 6) is -0.221. The number of unbranched alkanes of at least 4 members (excludes halogenated alkanes) is 13. The van der Waals surface area contributed by atoms with Crippen molar-refractivity contribution in [3.05, 3.63) is 36.5 Å². The lowest BCUT2D eigenvalue weighted by Crippen LogP contribution is -2.27. The van der Waals surface area contributed by atoms with Crippen LogP contribution in [0, 0.1) is 0 Å². The van der Waals surface area contributed by atoms with Crippen LogP contribution < -0.4 is 0 Å². The first-order chi connectivity index (χ1) is 17.7. The molecule has 0 saturated carbocycles. The fraction of sp³-hybridized carbons (Fsp3) is 0.781. The lowest BCUT2D eigenvalue weighted by Gasteiger charge is -2.15. The van der Waals surface area contributed by atoms with Gasteiger partial charge in [0.2, 0.25) is 0 Å². The molecule has 4 nitrogen and oxygen atoms in total. The average molecular weight is 507 g/mol. The predicted octanol–water partition coefficient (Wildman–Crippen LogP) is 9.03. The first kappa shape index (κ1) is 34.6. The van der Waals surface area contributed by atoms with Crippen LogP contribution in [-0.2, 0) is 14.3 Å². The quantitative estimate of drug-likeness (QED) is 0.0686. The molecule has 0 radical (unpaired) electrons. The van der Waals surface area contributed by atoms with Crippen LogP contribution >= 0.6 is 0 Å². The highest BCUT2D eigenvalue weighted by molar-refractivity contribution is 5.69. The summed E-state index contributed by atoms with van der Waals surface area (Å²) in [6, 6.07) is 0. The second kappa shape index (κ2) is 29.8. The van der Waals surface area contributed by atoms with Gasteiger partial charge in [0.05, 0.1) is 13.2 Å². The lowest BCUT2D eigenvalue weighted by atomic mass is 10.1. The van der Waals surface area contributed by atoms with Gasteiger partial charge in [0.25, 0.3) is 0 Å². The van der Waals surface area contributed by atoms with Gasteiger partial charge in [-0.1, -0.05) is 108 Å². The van der Waals surface area contributed by atoms with Gasteiger partial charge in [0.15, 0.2) is 0 Å². The van der Waals surface area contributed by atoms with E-state index in [0.717, 1.165) is 38.5 Å². The maximum absolute atomic E-state index is 12.0. The van der Waals surface area contributed by atoms with Gasteiger partial charge in [0, 0.05) is 13.0 Å². The van der Waals surface area contributed by atoms with Crippen LogP contribution in [0.2, 0.25) is 0 Å². The summed E-state index contributed by atoms with van der Waals surface area (Å²) in [4.78, 5) is 12.0. The van der Waals surface area contributed by atoms with Gasteiger partial charge in [-0.05, 0) is 57.8 Å². The molecule has 0 aromatic carbocycles. The third kappa shape index (κ3) is 27.2. The van der Waals surface area contributed by atoms with Gasteiger partial charge >= 0.3 is 5.97 Å². The maximum Gasteiger partial charge on any atom is 0.306 e. The molecule has 0 rings (SSSR count). The Balaban J connectivity index is 3.51. The number of hydrogen-bond donors (Lipinski definition) is 1. The largest absolute Gasteiger partial charge is 0.457 e. The van der Waals surface area contributed by atoms with Crippen LogP contribution in [-0.4, -0.2) is 37.0 Å². The van der Waals surface area contributed by atoms with E-state index in [4.69, 9.17) is 9.47 Å². The van der Waals surface area contributed by atoms with Crippen molar-refractivity contribution in [2.24, 2.45) is 0 Å². The molecule has 0 fully saturated rings. The lowest BCUT2D eigenvalue weighted by molar-refractivity contribution is -0.154. The van der Waals surface area contributed by atoms with Crippen molar-refractivity contribution in [2.45, 2.75) is 142 Å². The molecule has 4 heteroatoms. The van der Waals surface area contributed by atoms with Gasteiger partial charge < -0.3 is 14.6 Å². The van der Waals surface area contributed by atoms with E-state index < -0.39 is 6.10 Å². The second-order valence-electron chi connectivity index (χ2n) is 9.81. The van der Waals surface area contributed by atoms with Gasteiger partial charge in [-0.15, -0.1) is 0 Å². The molecule has 0 spiro atoms. The molecular weight excluding hydrogens is 448 g/mol. The first-order valence-electron chi connectivity index (χ1n) is 15.1. The summed E-state index contributed by atoms with van der Waals surface area (Å²) >= 11 is 0. The average Bonchev–Trinajstić information content (AvgIpc) is 2.88. The normalized spacial score (nSPS) is 12.9. The van der Waals surface area contributed by atoms with Gasteiger partial charge in [-0.25, -0.2) is 0 Å². The molecule has 0 bridgehead atoms. The van der Waals surface area contributed by atoms with E-state index in [9.17, 15) is 9.90 Å². The predicted molar refractivity (Wildman–Crippen MR) is 154 cm³/mol. The van der Waals surface area contributed by atoms with E-state index in [2.05, 4.69) is 50.3 Å². The SMILES string of the molecule is CCC/C=C\C/C=C\CCCCCCCC(=O)OC(CO)COCCCCCCCC/C=C\CCC. The van der Waals surface area contributed by atoms with Gasteiger partial charge in [-0.3, -0.25) is 4.79 Å². The highest BCUT2D eigenvalue weighted by Gasteiger charge is 2.13. The van der Waals surface area contributed by atoms with Crippen molar-refractivity contribution in [3.63, 3.8) is 0 Å². The smallest absolute Gasteiger partial charge is 0.306 e. The fourth-order valence-corrected chi connectivity index (χ4v) is 3.89. The van der Waals surface area contributed by atoms with Crippen molar-refractivity contribution in [2.75, 3.05) is 19.8 Å². The molecule has 0 aliphatic carbocycles. The fourth-order valence-electron chi connectivity index (χ4n) is 3.89. The minimum atomic E-state index is -0.540. The molecular formula is C32H58O4. The van der Waals surface area contributed by atoms with E-state index in [1.165, 1.54) is 77.0 Å². The number of carbonyl (C=O) groups excluding carboxylic acids is 1. The molecule has 1 N–H and O–H groups in total. The summed E-state index contributed by atoms with van der Waals surface area (Å²) in [6.45, 7) is 5.18. The zero-order chi connectivity index (χ0) is 26.4. The number of aliphatic hydroxyl groups excluding tert-OH is 1. The standard InChI is InChI=1S/C32H58O4/c1-3-5-7-9-11-13-15-16-17-19-21-23-25-27-32(34)36-31(29-33)30-35-28-26-24-22-20-18-14-12-10-8-6-4-2/h7-10,13,15,31,33H,3-6,11-12,14,16-30H2,1-2H3/b9-7-,10-8-,15-13-. The molecule has 210 valence electrons. The molecule has 1 atom stereocenters. The third-order valence-corrected chi connectivity index (χ3v) is 6.15. The van der Waals surface area contributed by atoms with E-state index in [1.807, 2.05) is 0 Å². The van der Waals surface area contributed by atoms with Crippen LogP contribution in [0.4, 0.5) is 0 Å². The summed E-state index contributed by atoms with van der Waals surface area (Å²) in [5, 5.41) is 9.48. The highest BCUT2D eigenvalue weighted by Crippen LogP contribution is 2.10. The Morgan fingerprint density at radius 2 is 1.17 bits per heavy atom. The van der Waals surface area contributed by atoms with Gasteiger partial charge in [0.1, 0.15) is 6.10 Å². The van der Waals surface area contributed by atoms with Crippen LogP contribution in [0.5, 0.6) is 0 Å².